The summed E-state index contributed by atoms with van der Waals surface area (Å²) in [6.45, 7) is -0.201. The number of nitrogens with one attached hydrogen (secondary N) is 2. The molecule has 8 heteroatoms. The van der Waals surface area contributed by atoms with Crippen molar-refractivity contribution < 1.29 is 19.4 Å². The summed E-state index contributed by atoms with van der Waals surface area (Å²) in [5, 5.41) is 18.8. The van der Waals surface area contributed by atoms with Gasteiger partial charge in [0.15, 0.2) is 6.61 Å². The third-order valence-electron chi connectivity index (χ3n) is 4.86. The van der Waals surface area contributed by atoms with Crippen LogP contribution in [0, 0.1) is 0 Å². The zero-order valence-corrected chi connectivity index (χ0v) is 18.6. The van der Waals surface area contributed by atoms with Crippen molar-refractivity contribution in [1.82, 2.24) is 5.43 Å². The van der Waals surface area contributed by atoms with Crippen molar-refractivity contribution in [3.05, 3.63) is 101 Å². The first-order valence-electron chi connectivity index (χ1n) is 10.3. The van der Waals surface area contributed by atoms with E-state index in [2.05, 4.69) is 15.8 Å². The number of hydrazone groups is 1. The number of para-hydroxylation sites is 1. The number of halogens is 1. The number of carbonyl (C=O) groups excluding carboxylic acids is 2. The average Bonchev–Trinajstić information content (AvgIpc) is 2.83. The minimum Gasteiger partial charge on any atom is -0.507 e. The largest absolute Gasteiger partial charge is 0.507 e. The van der Waals surface area contributed by atoms with E-state index in [1.165, 1.54) is 12.3 Å². The molecule has 7 nitrogen and oxygen atoms in total. The highest BCUT2D eigenvalue weighted by atomic mass is 35.5. The molecule has 0 spiro atoms. The van der Waals surface area contributed by atoms with Crippen molar-refractivity contribution >= 4 is 46.1 Å². The van der Waals surface area contributed by atoms with E-state index in [0.29, 0.717) is 17.0 Å². The monoisotopic (exact) mass is 473 g/mol. The predicted molar refractivity (Wildman–Crippen MR) is 133 cm³/mol. The Morgan fingerprint density at radius 3 is 2.38 bits per heavy atom. The van der Waals surface area contributed by atoms with E-state index in [0.717, 1.165) is 10.8 Å². The van der Waals surface area contributed by atoms with Crippen LogP contribution in [-0.2, 0) is 4.79 Å². The first kappa shape index (κ1) is 22.8. The van der Waals surface area contributed by atoms with Crippen LogP contribution >= 0.6 is 11.6 Å². The van der Waals surface area contributed by atoms with Gasteiger partial charge in [0.1, 0.15) is 11.5 Å². The smallest absolute Gasteiger partial charge is 0.275 e. The predicted octanol–water partition coefficient (Wildman–Crippen LogP) is 4.98. The summed E-state index contributed by atoms with van der Waals surface area (Å²) in [7, 11) is 0. The van der Waals surface area contributed by atoms with Gasteiger partial charge in [-0.1, -0.05) is 54.1 Å². The summed E-state index contributed by atoms with van der Waals surface area (Å²) in [6.07, 6.45) is 1.41. The topological polar surface area (TPSA) is 100 Å². The van der Waals surface area contributed by atoms with Gasteiger partial charge in [-0.3, -0.25) is 9.59 Å². The molecule has 4 aromatic rings. The number of aromatic hydroxyl groups is 1. The molecule has 0 radical (unpaired) electrons. The van der Waals surface area contributed by atoms with E-state index in [9.17, 15) is 14.7 Å². The molecule has 4 rings (SSSR count). The van der Waals surface area contributed by atoms with Gasteiger partial charge in [-0.25, -0.2) is 5.43 Å². The lowest BCUT2D eigenvalue weighted by Gasteiger charge is -2.09. The molecule has 0 aromatic heterocycles. The molecule has 0 atom stereocenters. The number of carbonyl (C=O) groups is 2. The van der Waals surface area contributed by atoms with Crippen LogP contribution < -0.4 is 15.5 Å². The molecule has 0 fully saturated rings. The first-order chi connectivity index (χ1) is 16.5. The molecule has 4 aromatic carbocycles. The SMILES string of the molecule is O=C(COc1ccc(C=NNC(=O)c2cc3ccccc3cc2O)cc1Cl)Nc1ccccc1. The minimum absolute atomic E-state index is 0.117. The maximum Gasteiger partial charge on any atom is 0.275 e. The standard InChI is InChI=1S/C26H20ClN3O4/c27-22-12-17(10-11-24(22)34-16-25(32)29-20-8-2-1-3-9-20)15-28-30-26(33)21-13-18-6-4-5-7-19(18)14-23(21)31/h1-15,31H,16H2,(H,29,32)(H,30,33). The third kappa shape index (κ3) is 5.70. The average molecular weight is 474 g/mol. The molecule has 0 aliphatic carbocycles. The molecule has 0 aliphatic rings. The summed E-state index contributed by atoms with van der Waals surface area (Å²) in [5.41, 5.74) is 3.79. The number of rotatable bonds is 7. The molecule has 3 N–H and O–H groups in total. The van der Waals surface area contributed by atoms with Crippen molar-refractivity contribution in [3.8, 4) is 11.5 Å². The molecule has 0 bridgehead atoms. The van der Waals surface area contributed by atoms with Crippen LogP contribution in [0.25, 0.3) is 10.8 Å². The number of benzene rings is 4. The van der Waals surface area contributed by atoms with Crippen LogP contribution in [-0.4, -0.2) is 29.7 Å². The lowest BCUT2D eigenvalue weighted by molar-refractivity contribution is -0.118. The van der Waals surface area contributed by atoms with E-state index in [1.54, 1.807) is 36.4 Å². The van der Waals surface area contributed by atoms with E-state index in [1.807, 2.05) is 42.5 Å². The van der Waals surface area contributed by atoms with Gasteiger partial charge in [0.2, 0.25) is 0 Å². The van der Waals surface area contributed by atoms with Crippen molar-refractivity contribution in [2.45, 2.75) is 0 Å². The summed E-state index contributed by atoms with van der Waals surface area (Å²) in [6, 6.07) is 24.5. The highest BCUT2D eigenvalue weighted by Gasteiger charge is 2.12. The molecule has 0 heterocycles. The Bertz CT molecular complexity index is 1370. The fourth-order valence-electron chi connectivity index (χ4n) is 3.21. The maximum absolute atomic E-state index is 12.4. The van der Waals surface area contributed by atoms with Crippen molar-refractivity contribution in [1.29, 1.82) is 0 Å². The minimum atomic E-state index is -0.546. The fraction of sp³-hybridized carbons (Fsp3) is 0.0385. The zero-order valence-electron chi connectivity index (χ0n) is 17.9. The van der Waals surface area contributed by atoms with Crippen LogP contribution in [0.15, 0.2) is 90.0 Å². The molecule has 34 heavy (non-hydrogen) atoms. The number of anilines is 1. The summed E-state index contributed by atoms with van der Waals surface area (Å²) in [5.74, 6) is -0.651. The molecular formula is C26H20ClN3O4. The van der Waals surface area contributed by atoms with E-state index in [4.69, 9.17) is 16.3 Å². The summed E-state index contributed by atoms with van der Waals surface area (Å²) < 4.78 is 5.49. The van der Waals surface area contributed by atoms with Crippen molar-refractivity contribution in [3.63, 3.8) is 0 Å². The summed E-state index contributed by atoms with van der Waals surface area (Å²) >= 11 is 6.25. The number of ether oxygens (including phenoxy) is 1. The fourth-order valence-corrected chi connectivity index (χ4v) is 3.46. The zero-order chi connectivity index (χ0) is 23.9. The van der Waals surface area contributed by atoms with Crippen molar-refractivity contribution in [2.75, 3.05) is 11.9 Å². The summed E-state index contributed by atoms with van der Waals surface area (Å²) in [4.78, 5) is 24.5. The second-order valence-corrected chi connectivity index (χ2v) is 7.72. The Kier molecular flexibility index (Phi) is 7.05. The Balaban J connectivity index is 1.34. The molecule has 0 aliphatic heterocycles. The number of hydrogen-bond acceptors (Lipinski definition) is 5. The first-order valence-corrected chi connectivity index (χ1v) is 10.7. The number of phenolic OH excluding ortho intramolecular Hbond substituents is 1. The van der Waals surface area contributed by atoms with Gasteiger partial charge in [0.25, 0.3) is 11.8 Å². The lowest BCUT2D eigenvalue weighted by atomic mass is 10.1. The van der Waals surface area contributed by atoms with Gasteiger partial charge in [-0.05, 0) is 58.8 Å². The normalized spacial score (nSPS) is 10.9. The van der Waals surface area contributed by atoms with E-state index in [-0.39, 0.29) is 28.8 Å². The van der Waals surface area contributed by atoms with Crippen LogP contribution in [0.3, 0.4) is 0 Å². The van der Waals surface area contributed by atoms with Crippen LogP contribution in [0.2, 0.25) is 5.02 Å². The van der Waals surface area contributed by atoms with Crippen LogP contribution in [0.5, 0.6) is 11.5 Å². The molecule has 170 valence electrons. The molecule has 0 saturated carbocycles. The van der Waals surface area contributed by atoms with Gasteiger partial charge in [0, 0.05) is 5.69 Å². The molecular weight excluding hydrogens is 454 g/mol. The number of hydrogen-bond donors (Lipinski definition) is 3. The quantitative estimate of drug-likeness (QED) is 0.260. The maximum atomic E-state index is 12.4. The van der Waals surface area contributed by atoms with Crippen LogP contribution in [0.4, 0.5) is 5.69 Å². The Labute approximate surface area is 200 Å². The molecule has 0 saturated heterocycles. The van der Waals surface area contributed by atoms with Gasteiger partial charge >= 0.3 is 0 Å². The second kappa shape index (κ2) is 10.5. The van der Waals surface area contributed by atoms with E-state index >= 15 is 0 Å². The van der Waals surface area contributed by atoms with E-state index < -0.39 is 5.91 Å². The number of fused-ring (bicyclic) bond motifs is 1. The molecule has 2 amide bonds. The number of amides is 2. The van der Waals surface area contributed by atoms with Crippen LogP contribution in [0.1, 0.15) is 15.9 Å². The highest BCUT2D eigenvalue weighted by Crippen LogP contribution is 2.26. The van der Waals surface area contributed by atoms with Gasteiger partial charge in [-0.2, -0.15) is 5.10 Å². The number of phenols is 1. The van der Waals surface area contributed by atoms with Crippen molar-refractivity contribution in [2.24, 2.45) is 5.10 Å². The van der Waals surface area contributed by atoms with Gasteiger partial charge < -0.3 is 15.2 Å². The highest BCUT2D eigenvalue weighted by molar-refractivity contribution is 6.32. The van der Waals surface area contributed by atoms with Gasteiger partial charge in [0.05, 0.1) is 16.8 Å². The Hall–Kier alpha value is -4.36. The second-order valence-electron chi connectivity index (χ2n) is 7.31. The third-order valence-corrected chi connectivity index (χ3v) is 5.16. The lowest BCUT2D eigenvalue weighted by Crippen LogP contribution is -2.20. The number of nitrogens with zero attached hydrogens (tertiary/aromatic N) is 1. The Morgan fingerprint density at radius 2 is 1.65 bits per heavy atom. The Morgan fingerprint density at radius 1 is 0.941 bits per heavy atom. The van der Waals surface area contributed by atoms with Gasteiger partial charge in [-0.15, -0.1) is 0 Å². The molecule has 0 unspecified atom stereocenters.